The minimum absolute atomic E-state index is 0.0934. The minimum Gasteiger partial charge on any atom is -0.416 e. The number of anilines is 1. The third-order valence-corrected chi connectivity index (χ3v) is 3.44. The first kappa shape index (κ1) is 13.6. The van der Waals surface area contributed by atoms with Crippen molar-refractivity contribution in [2.24, 2.45) is 0 Å². The Balaban J connectivity index is 1.88. The molecule has 0 spiro atoms. The molecule has 0 atom stereocenters. The van der Waals surface area contributed by atoms with E-state index in [1.54, 1.807) is 6.92 Å². The van der Waals surface area contributed by atoms with Crippen LogP contribution in [0.1, 0.15) is 17.0 Å². The first-order chi connectivity index (χ1) is 9.04. The second kappa shape index (κ2) is 5.88. The molecule has 1 aromatic carbocycles. The number of thioether (sulfide) groups is 1. The molecule has 2 rings (SSSR count). The first-order valence-corrected chi connectivity index (χ1v) is 6.83. The lowest BCUT2D eigenvalue weighted by atomic mass is 10.1. The fourth-order valence-electron chi connectivity index (χ4n) is 1.48. The van der Waals surface area contributed by atoms with E-state index in [4.69, 9.17) is 4.42 Å². The van der Waals surface area contributed by atoms with Gasteiger partial charge in [-0.1, -0.05) is 17.8 Å². The average molecular weight is 277 g/mol. The fourth-order valence-corrected chi connectivity index (χ4v) is 2.09. The molecule has 1 heterocycles. The van der Waals surface area contributed by atoms with Gasteiger partial charge in [0.15, 0.2) is 0 Å². The lowest BCUT2D eigenvalue weighted by Crippen LogP contribution is -2.14. The Kier molecular flexibility index (Phi) is 4.21. The molecule has 1 amide bonds. The average Bonchev–Trinajstić information content (AvgIpc) is 2.77. The summed E-state index contributed by atoms with van der Waals surface area (Å²) in [4.78, 5) is 11.8. The van der Waals surface area contributed by atoms with Crippen molar-refractivity contribution in [3.8, 4) is 0 Å². The van der Waals surface area contributed by atoms with Gasteiger partial charge in [-0.05, 0) is 37.1 Å². The highest BCUT2D eigenvalue weighted by atomic mass is 32.2. The van der Waals surface area contributed by atoms with E-state index in [0.717, 1.165) is 11.3 Å². The highest BCUT2D eigenvalue weighted by molar-refractivity contribution is 7.99. The Hall–Kier alpha value is -1.82. The summed E-state index contributed by atoms with van der Waals surface area (Å²) in [5.74, 6) is 0.648. The molecule has 5 nitrogen and oxygen atoms in total. The molecule has 0 bridgehead atoms. The fraction of sp³-hybridized carbons (Fsp3) is 0.308. The third-order valence-electron chi connectivity index (χ3n) is 2.62. The molecule has 100 valence electrons. The summed E-state index contributed by atoms with van der Waals surface area (Å²) < 4.78 is 5.18. The molecule has 6 heteroatoms. The zero-order valence-corrected chi connectivity index (χ0v) is 11.9. The number of hydrogen-bond acceptors (Lipinski definition) is 5. The molecule has 0 radical (unpaired) electrons. The monoisotopic (exact) mass is 277 g/mol. The van der Waals surface area contributed by atoms with Gasteiger partial charge in [-0.2, -0.15) is 0 Å². The largest absolute Gasteiger partial charge is 0.416 e. The molecular weight excluding hydrogens is 262 g/mol. The van der Waals surface area contributed by atoms with E-state index in [0.29, 0.717) is 11.1 Å². The number of aryl methyl sites for hydroxylation is 3. The summed E-state index contributed by atoms with van der Waals surface area (Å²) in [6.45, 7) is 5.77. The van der Waals surface area contributed by atoms with Crippen LogP contribution < -0.4 is 5.32 Å². The van der Waals surface area contributed by atoms with Gasteiger partial charge < -0.3 is 9.73 Å². The highest BCUT2D eigenvalue weighted by Gasteiger charge is 2.08. The van der Waals surface area contributed by atoms with Crippen molar-refractivity contribution in [1.29, 1.82) is 0 Å². The molecule has 0 saturated heterocycles. The van der Waals surface area contributed by atoms with Gasteiger partial charge in [0.25, 0.3) is 5.22 Å². The van der Waals surface area contributed by atoms with E-state index in [-0.39, 0.29) is 11.7 Å². The second-order valence-corrected chi connectivity index (χ2v) is 5.15. The van der Waals surface area contributed by atoms with Gasteiger partial charge in [-0.3, -0.25) is 4.79 Å². The van der Waals surface area contributed by atoms with Gasteiger partial charge in [0.2, 0.25) is 11.8 Å². The van der Waals surface area contributed by atoms with Crippen LogP contribution >= 0.6 is 11.8 Å². The van der Waals surface area contributed by atoms with E-state index in [9.17, 15) is 4.79 Å². The lowest BCUT2D eigenvalue weighted by molar-refractivity contribution is -0.113. The predicted octanol–water partition coefficient (Wildman–Crippen LogP) is 2.73. The Morgan fingerprint density at radius 2 is 2.05 bits per heavy atom. The number of aromatic nitrogens is 2. The SMILES string of the molecule is Cc1nnc(SCC(=O)Nc2ccc(C)c(C)c2)o1. The zero-order chi connectivity index (χ0) is 13.8. The van der Waals surface area contributed by atoms with E-state index >= 15 is 0 Å². The van der Waals surface area contributed by atoms with Gasteiger partial charge in [-0.25, -0.2) is 0 Å². The number of carbonyl (C=O) groups excluding carboxylic acids is 1. The van der Waals surface area contributed by atoms with E-state index < -0.39 is 0 Å². The Morgan fingerprint density at radius 1 is 1.26 bits per heavy atom. The molecule has 1 aromatic heterocycles. The second-order valence-electron chi connectivity index (χ2n) is 4.22. The van der Waals surface area contributed by atoms with E-state index in [1.807, 2.05) is 32.0 Å². The molecule has 0 saturated carbocycles. The Bertz CT molecular complexity index is 595. The van der Waals surface area contributed by atoms with E-state index in [1.165, 1.54) is 17.3 Å². The normalized spacial score (nSPS) is 10.5. The van der Waals surface area contributed by atoms with Crippen LogP contribution in [0.5, 0.6) is 0 Å². The number of benzene rings is 1. The Labute approximate surface area is 115 Å². The number of rotatable bonds is 4. The maximum atomic E-state index is 11.8. The third kappa shape index (κ3) is 3.82. The van der Waals surface area contributed by atoms with Crippen LogP contribution in [0.15, 0.2) is 27.8 Å². The number of amides is 1. The summed E-state index contributed by atoms with van der Waals surface area (Å²) in [5, 5.41) is 10.8. The van der Waals surface area contributed by atoms with Gasteiger partial charge >= 0.3 is 0 Å². The molecule has 1 N–H and O–H groups in total. The lowest BCUT2D eigenvalue weighted by Gasteiger charge is -2.06. The van der Waals surface area contributed by atoms with Crippen molar-refractivity contribution in [3.05, 3.63) is 35.2 Å². The van der Waals surface area contributed by atoms with Gasteiger partial charge in [-0.15, -0.1) is 10.2 Å². The first-order valence-electron chi connectivity index (χ1n) is 5.84. The van der Waals surface area contributed by atoms with Crippen molar-refractivity contribution in [2.45, 2.75) is 26.0 Å². The van der Waals surface area contributed by atoms with Gasteiger partial charge in [0.05, 0.1) is 5.75 Å². The van der Waals surface area contributed by atoms with Crippen LogP contribution in [0.25, 0.3) is 0 Å². The molecule has 19 heavy (non-hydrogen) atoms. The summed E-state index contributed by atoms with van der Waals surface area (Å²) in [6.07, 6.45) is 0. The van der Waals surface area contributed by atoms with Crippen LogP contribution in [-0.4, -0.2) is 21.9 Å². The Morgan fingerprint density at radius 3 is 2.68 bits per heavy atom. The van der Waals surface area contributed by atoms with Crippen molar-refractivity contribution >= 4 is 23.4 Å². The number of nitrogens with zero attached hydrogens (tertiary/aromatic N) is 2. The standard InChI is InChI=1S/C13H15N3O2S/c1-8-4-5-11(6-9(8)2)14-12(17)7-19-13-16-15-10(3)18-13/h4-6H,7H2,1-3H3,(H,14,17). The molecule has 0 aliphatic rings. The minimum atomic E-state index is -0.0934. The van der Waals surface area contributed by atoms with Gasteiger partial charge in [0, 0.05) is 12.6 Å². The summed E-state index contributed by atoms with van der Waals surface area (Å²) in [5.41, 5.74) is 3.15. The van der Waals surface area contributed by atoms with Crippen LogP contribution in [0.3, 0.4) is 0 Å². The topological polar surface area (TPSA) is 68.0 Å². The summed E-state index contributed by atoms with van der Waals surface area (Å²) in [7, 11) is 0. The van der Waals surface area contributed by atoms with Crippen LogP contribution in [0.4, 0.5) is 5.69 Å². The van der Waals surface area contributed by atoms with Crippen molar-refractivity contribution in [1.82, 2.24) is 10.2 Å². The molecular formula is C13H15N3O2S. The summed E-state index contributed by atoms with van der Waals surface area (Å²) >= 11 is 1.22. The molecule has 0 aliphatic carbocycles. The van der Waals surface area contributed by atoms with Crippen molar-refractivity contribution in [2.75, 3.05) is 11.1 Å². The predicted molar refractivity (Wildman–Crippen MR) is 74.3 cm³/mol. The van der Waals surface area contributed by atoms with E-state index in [2.05, 4.69) is 15.5 Å². The molecule has 0 aliphatic heterocycles. The highest BCUT2D eigenvalue weighted by Crippen LogP contribution is 2.17. The van der Waals surface area contributed by atoms with Gasteiger partial charge in [0.1, 0.15) is 0 Å². The smallest absolute Gasteiger partial charge is 0.277 e. The number of carbonyl (C=O) groups is 1. The maximum Gasteiger partial charge on any atom is 0.277 e. The zero-order valence-electron chi connectivity index (χ0n) is 11.1. The van der Waals surface area contributed by atoms with Crippen molar-refractivity contribution in [3.63, 3.8) is 0 Å². The van der Waals surface area contributed by atoms with Crippen LogP contribution in [-0.2, 0) is 4.79 Å². The quantitative estimate of drug-likeness (QED) is 0.870. The number of hydrogen-bond donors (Lipinski definition) is 1. The van der Waals surface area contributed by atoms with Crippen molar-refractivity contribution < 1.29 is 9.21 Å². The molecule has 0 fully saturated rings. The van der Waals surface area contributed by atoms with Crippen LogP contribution in [0, 0.1) is 20.8 Å². The molecule has 2 aromatic rings. The number of nitrogens with one attached hydrogen (secondary N) is 1. The maximum absolute atomic E-state index is 11.8. The molecule has 0 unspecified atom stereocenters. The summed E-state index contributed by atoms with van der Waals surface area (Å²) in [6, 6.07) is 5.83. The van der Waals surface area contributed by atoms with Crippen LogP contribution in [0.2, 0.25) is 0 Å².